The number of anilines is 1. The van der Waals surface area contributed by atoms with E-state index in [1.807, 2.05) is 0 Å². The first-order valence-electron chi connectivity index (χ1n) is 6.40. The molecule has 0 unspecified atom stereocenters. The van der Waals surface area contributed by atoms with Gasteiger partial charge in [-0.25, -0.2) is 0 Å². The maximum atomic E-state index is 11.9. The molecule has 0 aliphatic heterocycles. The number of nitrogens with two attached hydrogens (primary N) is 1. The Bertz CT molecular complexity index is 498. The highest BCUT2D eigenvalue weighted by Gasteiger charge is 2.21. The van der Waals surface area contributed by atoms with Crippen LogP contribution in [0.4, 0.5) is 11.4 Å². The van der Waals surface area contributed by atoms with Crippen LogP contribution in [0.15, 0.2) is 18.2 Å². The van der Waals surface area contributed by atoms with Gasteiger partial charge in [-0.3, -0.25) is 14.9 Å². The average Bonchev–Trinajstić information content (AvgIpc) is 2.31. The third-order valence-electron chi connectivity index (χ3n) is 3.52. The molecule has 6 nitrogen and oxygen atoms in total. The second kappa shape index (κ2) is 5.69. The van der Waals surface area contributed by atoms with Crippen molar-refractivity contribution in [3.63, 3.8) is 0 Å². The first kappa shape index (κ1) is 13.3. The Balaban J connectivity index is 2.00. The Morgan fingerprint density at radius 2 is 2.21 bits per heavy atom. The maximum absolute atomic E-state index is 11.9. The molecular formula is C13H17N3O3. The Kier molecular flexibility index (Phi) is 3.99. The second-order valence-electron chi connectivity index (χ2n) is 4.88. The van der Waals surface area contributed by atoms with Crippen molar-refractivity contribution in [1.29, 1.82) is 0 Å². The van der Waals surface area contributed by atoms with Crippen LogP contribution in [0.3, 0.4) is 0 Å². The van der Waals surface area contributed by atoms with Crippen molar-refractivity contribution < 1.29 is 9.72 Å². The molecule has 0 aromatic heterocycles. The minimum absolute atomic E-state index is 0.0265. The number of rotatable bonds is 5. The molecule has 3 N–H and O–H groups in total. The van der Waals surface area contributed by atoms with Crippen molar-refractivity contribution in [2.75, 3.05) is 12.3 Å². The van der Waals surface area contributed by atoms with E-state index in [0.717, 1.165) is 6.42 Å². The number of benzene rings is 1. The van der Waals surface area contributed by atoms with Crippen LogP contribution >= 0.6 is 0 Å². The molecule has 1 fully saturated rings. The number of nitrogen functional groups attached to an aromatic ring is 1. The number of nitrogens with zero attached hydrogens (tertiary/aromatic N) is 1. The highest BCUT2D eigenvalue weighted by molar-refractivity contribution is 5.99. The van der Waals surface area contributed by atoms with Crippen LogP contribution in [-0.2, 0) is 0 Å². The fourth-order valence-corrected chi connectivity index (χ4v) is 2.16. The molecule has 102 valence electrons. The lowest BCUT2D eigenvalue weighted by Gasteiger charge is -2.25. The molecule has 1 aliphatic carbocycles. The van der Waals surface area contributed by atoms with Gasteiger partial charge in [0.2, 0.25) is 0 Å². The molecule has 1 aromatic rings. The molecular weight excluding hydrogens is 246 g/mol. The summed E-state index contributed by atoms with van der Waals surface area (Å²) in [7, 11) is 0. The summed E-state index contributed by atoms with van der Waals surface area (Å²) in [6, 6.07) is 4.02. The minimum atomic E-state index is -0.569. The number of carbonyl (C=O) groups excluding carboxylic acids is 1. The van der Waals surface area contributed by atoms with E-state index in [4.69, 9.17) is 5.73 Å². The van der Waals surface area contributed by atoms with Gasteiger partial charge in [0.15, 0.2) is 0 Å². The fraction of sp³-hybridized carbons (Fsp3) is 0.462. The van der Waals surface area contributed by atoms with E-state index in [1.54, 1.807) is 0 Å². The minimum Gasteiger partial charge on any atom is -0.399 e. The third-order valence-corrected chi connectivity index (χ3v) is 3.52. The number of nitro benzene ring substituents is 1. The molecule has 1 amide bonds. The first-order chi connectivity index (χ1) is 9.08. The average molecular weight is 263 g/mol. The van der Waals surface area contributed by atoms with Crippen molar-refractivity contribution in [2.24, 2.45) is 5.92 Å². The summed E-state index contributed by atoms with van der Waals surface area (Å²) in [5.41, 5.74) is 5.73. The SMILES string of the molecule is Nc1ccc([N+](=O)[O-])c(C(=O)NCCC2CCC2)c1. The van der Waals surface area contributed by atoms with Gasteiger partial charge in [-0.05, 0) is 24.5 Å². The Labute approximate surface area is 111 Å². The van der Waals surface area contributed by atoms with Gasteiger partial charge in [-0.2, -0.15) is 0 Å². The van der Waals surface area contributed by atoms with Crippen LogP contribution in [-0.4, -0.2) is 17.4 Å². The van der Waals surface area contributed by atoms with Gasteiger partial charge in [-0.15, -0.1) is 0 Å². The number of hydrogen-bond donors (Lipinski definition) is 2. The van der Waals surface area contributed by atoms with Crippen molar-refractivity contribution in [3.05, 3.63) is 33.9 Å². The zero-order valence-electron chi connectivity index (χ0n) is 10.6. The molecule has 0 bridgehead atoms. The van der Waals surface area contributed by atoms with Crippen LogP contribution in [0.2, 0.25) is 0 Å². The molecule has 1 aromatic carbocycles. The van der Waals surface area contributed by atoms with Crippen molar-refractivity contribution >= 4 is 17.3 Å². The summed E-state index contributed by atoms with van der Waals surface area (Å²) in [5, 5.41) is 13.6. The van der Waals surface area contributed by atoms with Crippen LogP contribution in [0.25, 0.3) is 0 Å². The van der Waals surface area contributed by atoms with E-state index in [-0.39, 0.29) is 11.3 Å². The molecule has 0 radical (unpaired) electrons. The van der Waals surface area contributed by atoms with Crippen LogP contribution in [0.1, 0.15) is 36.0 Å². The first-order valence-corrected chi connectivity index (χ1v) is 6.40. The lowest BCUT2D eigenvalue weighted by atomic mass is 9.83. The molecule has 19 heavy (non-hydrogen) atoms. The zero-order chi connectivity index (χ0) is 13.8. The van der Waals surface area contributed by atoms with E-state index >= 15 is 0 Å². The van der Waals surface area contributed by atoms with Crippen molar-refractivity contribution in [2.45, 2.75) is 25.7 Å². The van der Waals surface area contributed by atoms with Gasteiger partial charge in [0.05, 0.1) is 4.92 Å². The standard InChI is InChI=1S/C13H17N3O3/c14-10-4-5-12(16(18)19)11(8-10)13(17)15-7-6-9-2-1-3-9/h4-5,8-9H,1-3,6-7,14H2,(H,15,17). The number of hydrogen-bond acceptors (Lipinski definition) is 4. The van der Waals surface area contributed by atoms with Crippen LogP contribution in [0, 0.1) is 16.0 Å². The van der Waals surface area contributed by atoms with E-state index in [2.05, 4.69) is 5.32 Å². The summed E-state index contributed by atoms with van der Waals surface area (Å²) in [5.74, 6) is 0.259. The van der Waals surface area contributed by atoms with Gasteiger partial charge in [-0.1, -0.05) is 19.3 Å². The molecule has 2 rings (SSSR count). The van der Waals surface area contributed by atoms with E-state index in [9.17, 15) is 14.9 Å². The number of carbonyl (C=O) groups is 1. The maximum Gasteiger partial charge on any atom is 0.282 e. The van der Waals surface area contributed by atoms with Gasteiger partial charge in [0.25, 0.3) is 11.6 Å². The van der Waals surface area contributed by atoms with E-state index < -0.39 is 10.8 Å². The monoisotopic (exact) mass is 263 g/mol. The Morgan fingerprint density at radius 3 is 2.79 bits per heavy atom. The number of amides is 1. The van der Waals surface area contributed by atoms with E-state index in [1.165, 1.54) is 37.5 Å². The Hall–Kier alpha value is -2.11. The van der Waals surface area contributed by atoms with Crippen molar-refractivity contribution in [3.8, 4) is 0 Å². The van der Waals surface area contributed by atoms with Gasteiger partial charge < -0.3 is 11.1 Å². The molecule has 1 aliphatic rings. The summed E-state index contributed by atoms with van der Waals surface area (Å²) in [4.78, 5) is 22.2. The summed E-state index contributed by atoms with van der Waals surface area (Å²) >= 11 is 0. The molecule has 1 saturated carbocycles. The Morgan fingerprint density at radius 1 is 1.47 bits per heavy atom. The highest BCUT2D eigenvalue weighted by Crippen LogP contribution is 2.28. The summed E-state index contributed by atoms with van der Waals surface area (Å²) in [6.45, 7) is 0.551. The normalized spacial score (nSPS) is 14.7. The van der Waals surface area contributed by atoms with Crippen molar-refractivity contribution in [1.82, 2.24) is 5.32 Å². The largest absolute Gasteiger partial charge is 0.399 e. The summed E-state index contributed by atoms with van der Waals surface area (Å²) in [6.07, 6.45) is 4.63. The molecule has 0 heterocycles. The van der Waals surface area contributed by atoms with Crippen LogP contribution in [0.5, 0.6) is 0 Å². The predicted octanol–water partition coefficient (Wildman–Crippen LogP) is 2.10. The van der Waals surface area contributed by atoms with Gasteiger partial charge in [0.1, 0.15) is 5.56 Å². The van der Waals surface area contributed by atoms with Gasteiger partial charge >= 0.3 is 0 Å². The topological polar surface area (TPSA) is 98.3 Å². The summed E-state index contributed by atoms with van der Waals surface area (Å²) < 4.78 is 0. The molecule has 6 heteroatoms. The highest BCUT2D eigenvalue weighted by atomic mass is 16.6. The lowest BCUT2D eigenvalue weighted by Crippen LogP contribution is -2.28. The molecule has 0 atom stereocenters. The molecule has 0 spiro atoms. The number of nitro groups is 1. The second-order valence-corrected chi connectivity index (χ2v) is 4.88. The number of nitrogens with one attached hydrogen (secondary N) is 1. The smallest absolute Gasteiger partial charge is 0.282 e. The lowest BCUT2D eigenvalue weighted by molar-refractivity contribution is -0.385. The van der Waals surface area contributed by atoms with Crippen LogP contribution < -0.4 is 11.1 Å². The zero-order valence-corrected chi connectivity index (χ0v) is 10.6. The van der Waals surface area contributed by atoms with Gasteiger partial charge in [0, 0.05) is 18.3 Å². The predicted molar refractivity (Wildman–Crippen MR) is 71.8 cm³/mol. The molecule has 0 saturated heterocycles. The third kappa shape index (κ3) is 3.21. The van der Waals surface area contributed by atoms with E-state index in [0.29, 0.717) is 18.2 Å². The quantitative estimate of drug-likeness (QED) is 0.482. The fourth-order valence-electron chi connectivity index (χ4n) is 2.16.